The van der Waals surface area contributed by atoms with Gasteiger partial charge in [0.1, 0.15) is 0 Å². The molecule has 0 N–H and O–H groups in total. The summed E-state index contributed by atoms with van der Waals surface area (Å²) < 4.78 is 1.89. The Labute approximate surface area is 78.8 Å². The number of aromatic nitrogens is 2. The summed E-state index contributed by atoms with van der Waals surface area (Å²) in [5.41, 5.74) is 0. The molecule has 0 spiro atoms. The lowest BCUT2D eigenvalue weighted by atomic mass is 10.2. The van der Waals surface area contributed by atoms with Crippen LogP contribution < -0.4 is 0 Å². The van der Waals surface area contributed by atoms with Gasteiger partial charge in [-0.1, -0.05) is 13.3 Å². The fourth-order valence-electron chi connectivity index (χ4n) is 1.27. The smallest absolute Gasteiger partial charge is 0.198 e. The third-order valence-corrected chi connectivity index (χ3v) is 2.06. The Hall–Kier alpha value is -1.12. The molecule has 0 aliphatic carbocycles. The molecule has 0 aliphatic rings. The lowest BCUT2D eigenvalue weighted by Crippen LogP contribution is -2.08. The van der Waals surface area contributed by atoms with Gasteiger partial charge in [-0.05, 0) is 13.3 Å². The van der Waals surface area contributed by atoms with E-state index in [2.05, 4.69) is 11.9 Å². The second-order valence-corrected chi connectivity index (χ2v) is 3.06. The highest BCUT2D eigenvalue weighted by Crippen LogP contribution is 2.05. The molecule has 0 radical (unpaired) electrons. The molecule has 0 saturated carbocycles. The van der Waals surface area contributed by atoms with Crippen LogP contribution in [-0.2, 0) is 6.54 Å². The Morgan fingerprint density at radius 1 is 1.54 bits per heavy atom. The topological polar surface area (TPSA) is 34.9 Å². The van der Waals surface area contributed by atoms with Crippen LogP contribution in [-0.4, -0.2) is 15.3 Å². The molecule has 0 amide bonds. The van der Waals surface area contributed by atoms with Crippen molar-refractivity contribution in [3.8, 4) is 0 Å². The third-order valence-electron chi connectivity index (χ3n) is 2.06. The highest BCUT2D eigenvalue weighted by molar-refractivity contribution is 5.92. The second kappa shape index (κ2) is 4.80. The van der Waals surface area contributed by atoms with E-state index in [1.54, 1.807) is 6.20 Å². The van der Waals surface area contributed by atoms with Crippen molar-refractivity contribution in [1.29, 1.82) is 0 Å². The summed E-state index contributed by atoms with van der Waals surface area (Å²) in [4.78, 5) is 15.6. The second-order valence-electron chi connectivity index (χ2n) is 3.06. The molecule has 0 aromatic carbocycles. The third kappa shape index (κ3) is 2.41. The van der Waals surface area contributed by atoms with Crippen molar-refractivity contribution < 1.29 is 4.79 Å². The number of rotatable bonds is 5. The van der Waals surface area contributed by atoms with Gasteiger partial charge >= 0.3 is 0 Å². The lowest BCUT2D eigenvalue weighted by molar-refractivity contribution is 0.0965. The molecule has 1 heterocycles. The number of imidazole rings is 1. The van der Waals surface area contributed by atoms with Gasteiger partial charge in [0.15, 0.2) is 11.6 Å². The predicted octanol–water partition coefficient (Wildman–Crippen LogP) is 2.28. The Morgan fingerprint density at radius 2 is 2.31 bits per heavy atom. The maximum absolute atomic E-state index is 11.6. The summed E-state index contributed by atoms with van der Waals surface area (Å²) in [6.07, 6.45) is 6.16. The summed E-state index contributed by atoms with van der Waals surface area (Å²) in [6, 6.07) is 0. The van der Waals surface area contributed by atoms with Crippen molar-refractivity contribution >= 4 is 5.78 Å². The summed E-state index contributed by atoms with van der Waals surface area (Å²) >= 11 is 0. The van der Waals surface area contributed by atoms with E-state index >= 15 is 0 Å². The normalized spacial score (nSPS) is 10.3. The standard InChI is InChI=1S/C10H16N2O/c1-3-5-6-9(13)10-11-7-8-12(10)4-2/h7-8H,3-6H2,1-2H3. The van der Waals surface area contributed by atoms with Crippen molar-refractivity contribution in [2.24, 2.45) is 0 Å². The molecule has 0 unspecified atom stereocenters. The van der Waals surface area contributed by atoms with Gasteiger partial charge in [-0.25, -0.2) is 4.98 Å². The molecular weight excluding hydrogens is 164 g/mol. The van der Waals surface area contributed by atoms with Crippen molar-refractivity contribution in [3.05, 3.63) is 18.2 Å². The largest absolute Gasteiger partial charge is 0.329 e. The molecule has 0 bridgehead atoms. The van der Waals surface area contributed by atoms with Crippen LogP contribution in [0.15, 0.2) is 12.4 Å². The van der Waals surface area contributed by atoms with Crippen molar-refractivity contribution in [3.63, 3.8) is 0 Å². The molecule has 3 nitrogen and oxygen atoms in total. The predicted molar refractivity (Wildman–Crippen MR) is 51.8 cm³/mol. The fraction of sp³-hybridized carbons (Fsp3) is 0.600. The first-order chi connectivity index (χ1) is 6.29. The molecule has 72 valence electrons. The molecule has 0 aliphatic heterocycles. The monoisotopic (exact) mass is 180 g/mol. The molecule has 0 atom stereocenters. The first-order valence-corrected chi connectivity index (χ1v) is 4.84. The van der Waals surface area contributed by atoms with Crippen LogP contribution >= 0.6 is 0 Å². The van der Waals surface area contributed by atoms with Crippen LogP contribution in [0.1, 0.15) is 43.7 Å². The van der Waals surface area contributed by atoms with E-state index in [1.165, 1.54) is 0 Å². The van der Waals surface area contributed by atoms with Gasteiger partial charge in [-0.2, -0.15) is 0 Å². The van der Waals surface area contributed by atoms with Crippen LogP contribution in [0.2, 0.25) is 0 Å². The minimum Gasteiger partial charge on any atom is -0.329 e. The number of carbonyl (C=O) groups is 1. The van der Waals surface area contributed by atoms with E-state index < -0.39 is 0 Å². The van der Waals surface area contributed by atoms with E-state index in [9.17, 15) is 4.79 Å². The maximum Gasteiger partial charge on any atom is 0.198 e. The van der Waals surface area contributed by atoms with Crippen molar-refractivity contribution in [2.45, 2.75) is 39.7 Å². The summed E-state index contributed by atoms with van der Waals surface area (Å²) in [6.45, 7) is 4.91. The van der Waals surface area contributed by atoms with Gasteiger partial charge in [0.05, 0.1) is 0 Å². The van der Waals surface area contributed by atoms with E-state index in [0.29, 0.717) is 12.2 Å². The first kappa shape index (κ1) is 9.96. The Balaban J connectivity index is 2.65. The zero-order valence-electron chi connectivity index (χ0n) is 8.29. The average molecular weight is 180 g/mol. The van der Waals surface area contributed by atoms with Gasteiger partial charge in [0.25, 0.3) is 0 Å². The van der Waals surface area contributed by atoms with Gasteiger partial charge in [0.2, 0.25) is 0 Å². The molecule has 13 heavy (non-hydrogen) atoms. The number of ketones is 1. The number of nitrogens with zero attached hydrogens (tertiary/aromatic N) is 2. The quantitative estimate of drug-likeness (QED) is 0.651. The molecule has 0 fully saturated rings. The van der Waals surface area contributed by atoms with Gasteiger partial charge in [-0.15, -0.1) is 0 Å². The number of Topliss-reactive ketones (excluding diaryl/α,β-unsaturated/α-hetero) is 1. The van der Waals surface area contributed by atoms with Crippen LogP contribution in [0, 0.1) is 0 Å². The Morgan fingerprint density at radius 3 is 2.92 bits per heavy atom. The average Bonchev–Trinajstić information content (AvgIpc) is 2.61. The fourth-order valence-corrected chi connectivity index (χ4v) is 1.27. The van der Waals surface area contributed by atoms with Crippen LogP contribution in [0.3, 0.4) is 0 Å². The zero-order chi connectivity index (χ0) is 9.68. The number of hydrogen-bond acceptors (Lipinski definition) is 2. The zero-order valence-corrected chi connectivity index (χ0v) is 8.29. The van der Waals surface area contributed by atoms with Crippen molar-refractivity contribution in [2.75, 3.05) is 0 Å². The maximum atomic E-state index is 11.6. The molecule has 3 heteroatoms. The van der Waals surface area contributed by atoms with E-state index in [-0.39, 0.29) is 5.78 Å². The molecule has 1 aromatic rings. The molecule has 1 rings (SSSR count). The van der Waals surface area contributed by atoms with E-state index in [1.807, 2.05) is 17.7 Å². The van der Waals surface area contributed by atoms with Gasteiger partial charge in [-0.3, -0.25) is 4.79 Å². The van der Waals surface area contributed by atoms with Crippen LogP contribution in [0.4, 0.5) is 0 Å². The van der Waals surface area contributed by atoms with Gasteiger partial charge in [0, 0.05) is 25.4 Å². The number of aryl methyl sites for hydroxylation is 1. The number of carbonyl (C=O) groups excluding carboxylic acids is 1. The first-order valence-electron chi connectivity index (χ1n) is 4.84. The molecular formula is C10H16N2O. The molecule has 1 aromatic heterocycles. The number of unbranched alkanes of at least 4 members (excludes halogenated alkanes) is 1. The highest BCUT2D eigenvalue weighted by Gasteiger charge is 2.10. The van der Waals surface area contributed by atoms with E-state index in [0.717, 1.165) is 19.4 Å². The Kier molecular flexibility index (Phi) is 3.68. The van der Waals surface area contributed by atoms with Crippen molar-refractivity contribution in [1.82, 2.24) is 9.55 Å². The SMILES string of the molecule is CCCCC(=O)c1nccn1CC. The summed E-state index contributed by atoms with van der Waals surface area (Å²) in [7, 11) is 0. The summed E-state index contributed by atoms with van der Waals surface area (Å²) in [5.74, 6) is 0.768. The Bertz CT molecular complexity index is 278. The summed E-state index contributed by atoms with van der Waals surface area (Å²) in [5, 5.41) is 0. The van der Waals surface area contributed by atoms with Gasteiger partial charge < -0.3 is 4.57 Å². The van der Waals surface area contributed by atoms with E-state index in [4.69, 9.17) is 0 Å². The minimum atomic E-state index is 0.161. The highest BCUT2D eigenvalue weighted by atomic mass is 16.1. The molecule has 0 saturated heterocycles. The van der Waals surface area contributed by atoms with Crippen LogP contribution in [0.5, 0.6) is 0 Å². The lowest BCUT2D eigenvalue weighted by Gasteiger charge is -2.02. The number of hydrogen-bond donors (Lipinski definition) is 0. The van der Waals surface area contributed by atoms with Crippen LogP contribution in [0.25, 0.3) is 0 Å². The minimum absolute atomic E-state index is 0.161.